The lowest BCUT2D eigenvalue weighted by molar-refractivity contribution is -0.157. The van der Waals surface area contributed by atoms with Crippen molar-refractivity contribution in [2.45, 2.75) is 112 Å². The van der Waals surface area contributed by atoms with Gasteiger partial charge in [-0.25, -0.2) is 0 Å². The normalized spacial score (nSPS) is 45.9. The summed E-state index contributed by atoms with van der Waals surface area (Å²) in [6, 6.07) is 0. The first-order valence-electron chi connectivity index (χ1n) is 13.4. The van der Waals surface area contributed by atoms with Crippen LogP contribution < -0.4 is 0 Å². The Bertz CT molecular complexity index is 860. The molecule has 3 heteroatoms. The average Bonchev–Trinajstić information content (AvgIpc) is 2.96. The molecule has 0 unspecified atom stereocenters. The van der Waals surface area contributed by atoms with E-state index < -0.39 is 11.7 Å². The van der Waals surface area contributed by atoms with Crippen LogP contribution in [-0.2, 0) is 4.79 Å². The van der Waals surface area contributed by atoms with E-state index >= 15 is 0 Å². The number of hydrogen-bond donors (Lipinski definition) is 2. The Hall–Kier alpha value is -0.930. The van der Waals surface area contributed by atoms with Gasteiger partial charge in [-0.15, -0.1) is 0 Å². The van der Waals surface area contributed by atoms with Crippen LogP contribution in [0.15, 0.2) is 23.8 Å². The van der Waals surface area contributed by atoms with Crippen LogP contribution in [0.1, 0.15) is 100 Å². The predicted molar refractivity (Wildman–Crippen MR) is 135 cm³/mol. The number of fused-ring (bicyclic) bond motifs is 5. The molecule has 3 nitrogen and oxygen atoms in total. The first kappa shape index (κ1) is 25.2. The zero-order valence-electron chi connectivity index (χ0n) is 22.4. The van der Waals surface area contributed by atoms with Crippen LogP contribution in [0.4, 0.5) is 0 Å². The lowest BCUT2D eigenvalue weighted by Gasteiger charge is -2.63. The second kappa shape index (κ2) is 7.79. The van der Waals surface area contributed by atoms with Crippen LogP contribution in [-0.4, -0.2) is 27.7 Å². The molecule has 0 bridgehead atoms. The molecule has 0 amide bonds. The molecular formula is C30H48O3. The van der Waals surface area contributed by atoms with Gasteiger partial charge in [-0.2, -0.15) is 0 Å². The highest BCUT2D eigenvalue weighted by Crippen LogP contribution is 2.72. The van der Waals surface area contributed by atoms with Crippen molar-refractivity contribution in [2.75, 3.05) is 0 Å². The summed E-state index contributed by atoms with van der Waals surface area (Å²) >= 11 is 0. The topological polar surface area (TPSA) is 57.5 Å². The standard InChI is InChI=1S/C30H48O3/c1-19(10-9-14-26(2,3)33)20-11-16-30(8)22-18-23(31)25-27(4,5)24(32)13-15-28(25,6)21(22)12-17-29(20,30)7/h9,14,18-21,24-25,32-33H,10-13,15-17H2,1-8H3/b14-9+/t19-,20+,21+,24+,25+,28-,29+,30-/m1/s1. The minimum Gasteiger partial charge on any atom is -0.393 e. The molecule has 0 aromatic carbocycles. The monoisotopic (exact) mass is 456 g/mol. The summed E-state index contributed by atoms with van der Waals surface area (Å²) in [5.74, 6) is 1.82. The number of rotatable bonds is 4. The Morgan fingerprint density at radius 2 is 1.76 bits per heavy atom. The SMILES string of the molecule is C[C@H](C/C=C/C(C)(C)O)[C@@H]1CC[C@]2(C)C3=CC(=O)[C@H]4C(C)(C)[C@@H](O)CC[C@]4(C)[C@H]3CC[C@@]12C. The molecule has 4 rings (SSSR count). The molecule has 3 saturated carbocycles. The maximum absolute atomic E-state index is 13.7. The number of carbonyl (C=O) groups excluding carboxylic acids is 1. The van der Waals surface area contributed by atoms with E-state index in [1.165, 1.54) is 18.4 Å². The van der Waals surface area contributed by atoms with Gasteiger partial charge in [0.15, 0.2) is 5.78 Å². The molecule has 0 heterocycles. The highest BCUT2D eigenvalue weighted by atomic mass is 16.3. The Morgan fingerprint density at radius 1 is 1.09 bits per heavy atom. The number of aliphatic hydroxyl groups is 2. The van der Waals surface area contributed by atoms with Crippen LogP contribution in [0.25, 0.3) is 0 Å². The number of hydrogen-bond acceptors (Lipinski definition) is 3. The first-order chi connectivity index (χ1) is 15.1. The largest absolute Gasteiger partial charge is 0.393 e. The molecule has 186 valence electrons. The quantitative estimate of drug-likeness (QED) is 0.476. The molecular weight excluding hydrogens is 408 g/mol. The molecule has 33 heavy (non-hydrogen) atoms. The second-order valence-corrected chi connectivity index (χ2v) is 14.1. The first-order valence-corrected chi connectivity index (χ1v) is 13.4. The zero-order chi connectivity index (χ0) is 24.6. The van der Waals surface area contributed by atoms with Gasteiger partial charge in [0.25, 0.3) is 0 Å². The number of aliphatic hydroxyl groups excluding tert-OH is 1. The fourth-order valence-corrected chi connectivity index (χ4v) is 9.28. The second-order valence-electron chi connectivity index (χ2n) is 14.1. The Labute approximate surface area is 202 Å². The maximum Gasteiger partial charge on any atom is 0.159 e. The number of carbonyl (C=O) groups is 1. The van der Waals surface area contributed by atoms with E-state index in [0.717, 1.165) is 32.1 Å². The third kappa shape index (κ3) is 3.63. The van der Waals surface area contributed by atoms with Gasteiger partial charge in [-0.05, 0) is 98.9 Å². The van der Waals surface area contributed by atoms with E-state index in [9.17, 15) is 15.0 Å². The zero-order valence-corrected chi connectivity index (χ0v) is 22.4. The van der Waals surface area contributed by atoms with Crippen LogP contribution in [0.5, 0.6) is 0 Å². The van der Waals surface area contributed by atoms with Gasteiger partial charge in [0, 0.05) is 11.3 Å². The molecule has 2 N–H and O–H groups in total. The molecule has 0 radical (unpaired) electrons. The molecule has 0 aromatic rings. The molecule has 0 spiro atoms. The van der Waals surface area contributed by atoms with E-state index in [-0.39, 0.29) is 33.4 Å². The lowest BCUT2D eigenvalue weighted by atomic mass is 9.40. The van der Waals surface area contributed by atoms with E-state index in [1.807, 2.05) is 19.9 Å². The van der Waals surface area contributed by atoms with Gasteiger partial charge in [-0.3, -0.25) is 4.79 Å². The molecule has 3 fully saturated rings. The minimum atomic E-state index is -0.757. The molecule has 4 aliphatic rings. The fourth-order valence-electron chi connectivity index (χ4n) is 9.28. The van der Waals surface area contributed by atoms with Crippen molar-refractivity contribution in [3.63, 3.8) is 0 Å². The van der Waals surface area contributed by atoms with Crippen LogP contribution in [0.3, 0.4) is 0 Å². The van der Waals surface area contributed by atoms with Crippen molar-refractivity contribution in [3.05, 3.63) is 23.8 Å². The Morgan fingerprint density at radius 3 is 2.39 bits per heavy atom. The van der Waals surface area contributed by atoms with Gasteiger partial charge in [-0.1, -0.05) is 59.3 Å². The summed E-state index contributed by atoms with van der Waals surface area (Å²) in [5.41, 5.74) is 0.532. The fraction of sp³-hybridized carbons (Fsp3) is 0.833. The lowest BCUT2D eigenvalue weighted by Crippen LogP contribution is -2.60. The molecule has 4 aliphatic carbocycles. The van der Waals surface area contributed by atoms with Crippen molar-refractivity contribution in [1.82, 2.24) is 0 Å². The van der Waals surface area contributed by atoms with Crippen molar-refractivity contribution >= 4 is 5.78 Å². The summed E-state index contributed by atoms with van der Waals surface area (Å²) in [6.45, 7) is 17.6. The van der Waals surface area contributed by atoms with Gasteiger partial charge in [0.2, 0.25) is 0 Å². The van der Waals surface area contributed by atoms with Gasteiger partial charge in [0.1, 0.15) is 0 Å². The smallest absolute Gasteiger partial charge is 0.159 e. The number of ketones is 1. The van der Waals surface area contributed by atoms with Crippen LogP contribution in [0, 0.1) is 45.3 Å². The summed E-state index contributed by atoms with van der Waals surface area (Å²) in [7, 11) is 0. The Kier molecular flexibility index (Phi) is 5.94. The van der Waals surface area contributed by atoms with E-state index in [4.69, 9.17) is 0 Å². The Balaban J connectivity index is 1.67. The van der Waals surface area contributed by atoms with Gasteiger partial charge < -0.3 is 10.2 Å². The van der Waals surface area contributed by atoms with Gasteiger partial charge in [0.05, 0.1) is 11.7 Å². The van der Waals surface area contributed by atoms with Crippen molar-refractivity contribution in [2.24, 2.45) is 45.3 Å². The van der Waals surface area contributed by atoms with E-state index in [2.05, 4.69) is 53.7 Å². The van der Waals surface area contributed by atoms with E-state index in [1.54, 1.807) is 0 Å². The highest BCUT2D eigenvalue weighted by molar-refractivity contribution is 5.95. The average molecular weight is 457 g/mol. The van der Waals surface area contributed by atoms with Gasteiger partial charge >= 0.3 is 0 Å². The summed E-state index contributed by atoms with van der Waals surface area (Å²) in [5, 5.41) is 20.8. The third-order valence-electron chi connectivity index (χ3n) is 11.3. The van der Waals surface area contributed by atoms with Crippen molar-refractivity contribution < 1.29 is 15.0 Å². The van der Waals surface area contributed by atoms with Crippen LogP contribution >= 0.6 is 0 Å². The minimum absolute atomic E-state index is 0.0482. The summed E-state index contributed by atoms with van der Waals surface area (Å²) in [6.07, 6.45) is 13.3. The van der Waals surface area contributed by atoms with Crippen LogP contribution in [0.2, 0.25) is 0 Å². The summed E-state index contributed by atoms with van der Waals surface area (Å²) in [4.78, 5) is 13.7. The maximum atomic E-state index is 13.7. The predicted octanol–water partition coefficient (Wildman–Crippen LogP) is 6.48. The summed E-state index contributed by atoms with van der Waals surface area (Å²) < 4.78 is 0. The van der Waals surface area contributed by atoms with Crippen molar-refractivity contribution in [3.8, 4) is 0 Å². The van der Waals surface area contributed by atoms with Crippen molar-refractivity contribution in [1.29, 1.82) is 0 Å². The molecule has 0 aliphatic heterocycles. The molecule has 0 aromatic heterocycles. The molecule has 0 saturated heterocycles. The molecule has 8 atom stereocenters. The highest BCUT2D eigenvalue weighted by Gasteiger charge is 2.66. The van der Waals surface area contributed by atoms with E-state index in [0.29, 0.717) is 17.8 Å². The number of allylic oxidation sites excluding steroid dienone is 3. The third-order valence-corrected chi connectivity index (χ3v) is 11.3.